The summed E-state index contributed by atoms with van der Waals surface area (Å²) in [6.45, 7) is 6.36. The zero-order chi connectivity index (χ0) is 21.9. The van der Waals surface area contributed by atoms with Crippen LogP contribution in [0.2, 0.25) is 0 Å². The molecule has 5 rings (SSSR count). The van der Waals surface area contributed by atoms with Crippen LogP contribution in [0.1, 0.15) is 43.1 Å². The molecule has 0 radical (unpaired) electrons. The molecule has 2 amide bonds. The van der Waals surface area contributed by atoms with Crippen molar-refractivity contribution in [2.24, 2.45) is 23.7 Å². The highest BCUT2D eigenvalue weighted by atomic mass is 16.5. The van der Waals surface area contributed by atoms with Crippen LogP contribution in [0.3, 0.4) is 0 Å². The number of fused-ring (bicyclic) bond motifs is 5. The van der Waals surface area contributed by atoms with E-state index in [1.54, 1.807) is 36.4 Å². The van der Waals surface area contributed by atoms with Crippen LogP contribution >= 0.6 is 0 Å². The fourth-order valence-electron chi connectivity index (χ4n) is 5.12. The molecule has 1 saturated carbocycles. The Kier molecular flexibility index (Phi) is 4.40. The minimum absolute atomic E-state index is 0.0129. The Labute approximate surface area is 181 Å². The second-order valence-electron chi connectivity index (χ2n) is 9.73. The number of rotatable bonds is 3. The van der Waals surface area contributed by atoms with Gasteiger partial charge in [0, 0.05) is 0 Å². The van der Waals surface area contributed by atoms with Gasteiger partial charge in [-0.1, -0.05) is 51.1 Å². The number of imide groups is 1. The van der Waals surface area contributed by atoms with Gasteiger partial charge in [-0.25, -0.2) is 9.69 Å². The van der Waals surface area contributed by atoms with Gasteiger partial charge in [0.05, 0.1) is 23.1 Å². The summed E-state index contributed by atoms with van der Waals surface area (Å²) in [7, 11) is 0. The summed E-state index contributed by atoms with van der Waals surface area (Å²) in [6, 6.07) is 14.0. The van der Waals surface area contributed by atoms with Crippen LogP contribution in [-0.4, -0.2) is 17.8 Å². The number of esters is 1. The number of amides is 2. The molecule has 1 saturated heterocycles. The van der Waals surface area contributed by atoms with Crippen molar-refractivity contribution in [2.75, 3.05) is 4.90 Å². The summed E-state index contributed by atoms with van der Waals surface area (Å²) in [5.41, 5.74) is 1.89. The molecule has 158 valence electrons. The summed E-state index contributed by atoms with van der Waals surface area (Å²) >= 11 is 0. The number of hydrogen-bond acceptors (Lipinski definition) is 4. The Morgan fingerprint density at radius 2 is 1.55 bits per heavy atom. The van der Waals surface area contributed by atoms with Gasteiger partial charge < -0.3 is 4.74 Å². The van der Waals surface area contributed by atoms with Crippen LogP contribution in [0.4, 0.5) is 5.69 Å². The van der Waals surface area contributed by atoms with E-state index in [0.717, 1.165) is 12.0 Å². The summed E-state index contributed by atoms with van der Waals surface area (Å²) in [4.78, 5) is 40.0. The van der Waals surface area contributed by atoms with Crippen molar-refractivity contribution >= 4 is 23.5 Å². The van der Waals surface area contributed by atoms with Crippen molar-refractivity contribution in [1.82, 2.24) is 0 Å². The van der Waals surface area contributed by atoms with Crippen molar-refractivity contribution < 1.29 is 19.1 Å². The molecule has 4 atom stereocenters. The van der Waals surface area contributed by atoms with Crippen molar-refractivity contribution in [1.29, 1.82) is 0 Å². The van der Waals surface area contributed by atoms with Crippen LogP contribution in [0.15, 0.2) is 60.7 Å². The van der Waals surface area contributed by atoms with Gasteiger partial charge in [-0.3, -0.25) is 9.59 Å². The molecule has 2 fully saturated rings. The molecule has 2 aromatic rings. The number of hydrogen-bond donors (Lipinski definition) is 0. The van der Waals surface area contributed by atoms with Gasteiger partial charge in [-0.15, -0.1) is 0 Å². The van der Waals surface area contributed by atoms with E-state index in [2.05, 4.69) is 32.9 Å². The van der Waals surface area contributed by atoms with Crippen LogP contribution in [0.5, 0.6) is 5.75 Å². The van der Waals surface area contributed by atoms with E-state index in [4.69, 9.17) is 4.74 Å². The molecule has 5 heteroatoms. The molecule has 31 heavy (non-hydrogen) atoms. The smallest absolute Gasteiger partial charge is 0.343 e. The molecule has 0 unspecified atom stereocenters. The minimum atomic E-state index is -0.522. The lowest BCUT2D eigenvalue weighted by Gasteiger charge is -2.19. The maximum atomic E-state index is 13.0. The Morgan fingerprint density at radius 3 is 2.13 bits per heavy atom. The summed E-state index contributed by atoms with van der Waals surface area (Å²) in [5, 5.41) is 0. The first-order valence-corrected chi connectivity index (χ1v) is 10.7. The third-order valence-corrected chi connectivity index (χ3v) is 6.74. The molecule has 1 aliphatic heterocycles. The van der Waals surface area contributed by atoms with Crippen LogP contribution < -0.4 is 9.64 Å². The third-order valence-electron chi connectivity index (χ3n) is 6.74. The van der Waals surface area contributed by atoms with Gasteiger partial charge in [-0.2, -0.15) is 0 Å². The Hall–Kier alpha value is -3.21. The molecule has 0 aromatic heterocycles. The molecule has 2 bridgehead atoms. The first kappa shape index (κ1) is 19.7. The zero-order valence-corrected chi connectivity index (χ0v) is 17.9. The number of nitrogens with zero attached hydrogens (tertiary/aromatic N) is 1. The molecule has 2 aliphatic carbocycles. The number of anilines is 1. The lowest BCUT2D eigenvalue weighted by atomic mass is 9.85. The van der Waals surface area contributed by atoms with Crippen LogP contribution in [0, 0.1) is 23.7 Å². The average molecular weight is 415 g/mol. The van der Waals surface area contributed by atoms with Gasteiger partial charge in [0.2, 0.25) is 11.8 Å². The van der Waals surface area contributed by atoms with Crippen molar-refractivity contribution in [3.8, 4) is 5.75 Å². The lowest BCUT2D eigenvalue weighted by Crippen LogP contribution is -2.33. The van der Waals surface area contributed by atoms with E-state index in [-0.39, 0.29) is 40.9 Å². The Balaban J connectivity index is 1.35. The molecule has 1 heterocycles. The largest absolute Gasteiger partial charge is 0.423 e. The maximum absolute atomic E-state index is 13.0. The predicted octanol–water partition coefficient (Wildman–Crippen LogP) is 4.51. The SMILES string of the molecule is CC(C)(C)c1ccc(OC(=O)c2cccc(N3C(=O)[C@@H]4[C@H](C3=O)[C@@H]3C=C[C@H]4C3)c2)cc1. The van der Waals surface area contributed by atoms with Gasteiger partial charge in [0.1, 0.15) is 5.75 Å². The van der Waals surface area contributed by atoms with Gasteiger partial charge in [0.15, 0.2) is 0 Å². The third kappa shape index (κ3) is 3.19. The van der Waals surface area contributed by atoms with Gasteiger partial charge in [-0.05, 0) is 59.6 Å². The van der Waals surface area contributed by atoms with Gasteiger partial charge >= 0.3 is 5.97 Å². The fourth-order valence-corrected chi connectivity index (χ4v) is 5.12. The summed E-state index contributed by atoms with van der Waals surface area (Å²) < 4.78 is 5.52. The highest BCUT2D eigenvalue weighted by Gasteiger charge is 2.59. The maximum Gasteiger partial charge on any atom is 0.343 e. The second kappa shape index (κ2) is 6.91. The van der Waals surface area contributed by atoms with Gasteiger partial charge in [0.25, 0.3) is 0 Å². The minimum Gasteiger partial charge on any atom is -0.423 e. The normalized spacial score (nSPS) is 26.5. The monoisotopic (exact) mass is 415 g/mol. The number of carbonyl (C=O) groups excluding carboxylic acids is 3. The van der Waals surface area contributed by atoms with Crippen LogP contribution in [0.25, 0.3) is 0 Å². The first-order valence-electron chi connectivity index (χ1n) is 10.7. The molecule has 2 aromatic carbocycles. The van der Waals surface area contributed by atoms with E-state index in [9.17, 15) is 14.4 Å². The number of carbonyl (C=O) groups is 3. The summed E-state index contributed by atoms with van der Waals surface area (Å²) in [6.07, 6.45) is 5.03. The molecule has 0 N–H and O–H groups in total. The molecular formula is C26H25NO4. The van der Waals surface area contributed by atoms with Crippen molar-refractivity contribution in [2.45, 2.75) is 32.6 Å². The highest BCUT2D eigenvalue weighted by molar-refractivity contribution is 6.23. The lowest BCUT2D eigenvalue weighted by molar-refractivity contribution is -0.123. The standard InChI is InChI=1S/C26H25NO4/c1-26(2,3)18-9-11-20(12-10-18)31-25(30)17-5-4-6-19(14-17)27-23(28)21-15-7-8-16(13-15)22(21)24(27)29/h4-12,14-16,21-22H,13H2,1-3H3/t15-,16+,21-,22+. The van der Waals surface area contributed by atoms with Crippen molar-refractivity contribution in [3.05, 3.63) is 71.8 Å². The van der Waals surface area contributed by atoms with Crippen LogP contribution in [-0.2, 0) is 15.0 Å². The fraction of sp³-hybridized carbons (Fsp3) is 0.346. The van der Waals surface area contributed by atoms with E-state index >= 15 is 0 Å². The van der Waals surface area contributed by atoms with E-state index < -0.39 is 5.97 Å². The Morgan fingerprint density at radius 1 is 0.935 bits per heavy atom. The summed E-state index contributed by atoms with van der Waals surface area (Å²) in [5.74, 6) is -0.606. The van der Waals surface area contributed by atoms with E-state index in [0.29, 0.717) is 17.0 Å². The first-order chi connectivity index (χ1) is 14.7. The molecule has 3 aliphatic rings. The van der Waals surface area contributed by atoms with E-state index in [1.165, 1.54) is 4.90 Å². The highest BCUT2D eigenvalue weighted by Crippen LogP contribution is 2.53. The average Bonchev–Trinajstić information content (AvgIpc) is 3.41. The molecule has 0 spiro atoms. The molecule has 5 nitrogen and oxygen atoms in total. The predicted molar refractivity (Wildman–Crippen MR) is 117 cm³/mol. The van der Waals surface area contributed by atoms with Crippen molar-refractivity contribution in [3.63, 3.8) is 0 Å². The molecular weight excluding hydrogens is 390 g/mol. The quantitative estimate of drug-likeness (QED) is 0.320. The number of ether oxygens (including phenoxy) is 1. The number of allylic oxidation sites excluding steroid dienone is 2. The zero-order valence-electron chi connectivity index (χ0n) is 17.9. The second-order valence-corrected chi connectivity index (χ2v) is 9.73. The topological polar surface area (TPSA) is 63.7 Å². The number of benzene rings is 2. The Bertz CT molecular complexity index is 1080. The van der Waals surface area contributed by atoms with E-state index in [1.807, 2.05) is 12.1 Å².